The van der Waals surface area contributed by atoms with E-state index in [1.807, 2.05) is 0 Å². The second-order valence-corrected chi connectivity index (χ2v) is 4.97. The average molecular weight is 182 g/mol. The molecule has 0 bridgehead atoms. The molecular weight excluding hydrogens is 160 g/mol. The Morgan fingerprint density at radius 1 is 0.923 bits per heavy atom. The predicted molar refractivity (Wildman–Crippen MR) is 55.2 cm³/mol. The lowest BCUT2D eigenvalue weighted by atomic mass is 9.69. The van der Waals surface area contributed by atoms with Gasteiger partial charge in [-0.15, -0.1) is 0 Å². The highest BCUT2D eigenvalue weighted by atomic mass is 14.8. The fourth-order valence-corrected chi connectivity index (χ4v) is 2.93. The van der Waals surface area contributed by atoms with Crippen LogP contribution in [0.3, 0.4) is 0 Å². The van der Waals surface area contributed by atoms with Crippen molar-refractivity contribution >= 4 is 0 Å². The molecule has 0 aliphatic heterocycles. The molecule has 2 aliphatic rings. The van der Waals surface area contributed by atoms with Crippen LogP contribution in [-0.2, 0) is 0 Å². The molecule has 2 nitrogen and oxygen atoms in total. The Kier molecular flexibility index (Phi) is 2.89. The number of hydrogen-bond donors (Lipinski definition) is 2. The maximum absolute atomic E-state index is 6.26. The van der Waals surface area contributed by atoms with Gasteiger partial charge < -0.3 is 11.5 Å². The summed E-state index contributed by atoms with van der Waals surface area (Å²) >= 11 is 0. The monoisotopic (exact) mass is 182 g/mol. The van der Waals surface area contributed by atoms with Crippen LogP contribution in [0.25, 0.3) is 0 Å². The first-order valence-electron chi connectivity index (χ1n) is 5.78. The van der Waals surface area contributed by atoms with Crippen LogP contribution in [0.5, 0.6) is 0 Å². The second kappa shape index (κ2) is 3.97. The van der Waals surface area contributed by atoms with Gasteiger partial charge in [-0.25, -0.2) is 0 Å². The quantitative estimate of drug-likeness (QED) is 0.682. The van der Waals surface area contributed by atoms with Crippen molar-refractivity contribution in [2.24, 2.45) is 23.3 Å². The first kappa shape index (κ1) is 9.47. The van der Waals surface area contributed by atoms with E-state index in [-0.39, 0.29) is 0 Å². The van der Waals surface area contributed by atoms with Crippen molar-refractivity contribution in [2.45, 2.75) is 57.0 Å². The number of nitrogens with two attached hydrogens (primary N) is 2. The molecule has 0 saturated heterocycles. The van der Waals surface area contributed by atoms with Crippen molar-refractivity contribution < 1.29 is 0 Å². The third-order valence-corrected chi connectivity index (χ3v) is 3.95. The Morgan fingerprint density at radius 2 is 1.54 bits per heavy atom. The fraction of sp³-hybridized carbons (Fsp3) is 1.00. The molecule has 2 rings (SSSR count). The van der Waals surface area contributed by atoms with Gasteiger partial charge in [0.2, 0.25) is 0 Å². The molecule has 4 N–H and O–H groups in total. The summed E-state index contributed by atoms with van der Waals surface area (Å²) in [6, 6.07) is 0.916. The topological polar surface area (TPSA) is 52.0 Å². The van der Waals surface area contributed by atoms with E-state index in [1.165, 1.54) is 44.9 Å². The van der Waals surface area contributed by atoms with Gasteiger partial charge in [0.05, 0.1) is 0 Å². The Balaban J connectivity index is 1.78. The Labute approximate surface area is 81.1 Å². The molecule has 0 heterocycles. The Hall–Kier alpha value is -0.0800. The van der Waals surface area contributed by atoms with E-state index in [2.05, 4.69) is 0 Å². The highest BCUT2D eigenvalue weighted by molar-refractivity contribution is 4.92. The third-order valence-electron chi connectivity index (χ3n) is 3.95. The molecular formula is C11H22N2. The summed E-state index contributed by atoms with van der Waals surface area (Å²) < 4.78 is 0. The molecule has 76 valence electrons. The van der Waals surface area contributed by atoms with Gasteiger partial charge in [-0.05, 0) is 37.5 Å². The molecule has 1 unspecified atom stereocenters. The van der Waals surface area contributed by atoms with Crippen LogP contribution in [0.15, 0.2) is 0 Å². The zero-order valence-corrected chi connectivity index (χ0v) is 8.41. The number of rotatable bonds is 2. The highest BCUT2D eigenvalue weighted by Crippen LogP contribution is 2.36. The van der Waals surface area contributed by atoms with Gasteiger partial charge in [-0.2, -0.15) is 0 Å². The van der Waals surface area contributed by atoms with Gasteiger partial charge in [0, 0.05) is 12.1 Å². The van der Waals surface area contributed by atoms with Crippen LogP contribution in [0, 0.1) is 11.8 Å². The summed E-state index contributed by atoms with van der Waals surface area (Å²) in [5, 5.41) is 0. The van der Waals surface area contributed by atoms with Crippen LogP contribution in [0.4, 0.5) is 0 Å². The van der Waals surface area contributed by atoms with Gasteiger partial charge in [0.15, 0.2) is 0 Å². The summed E-state index contributed by atoms with van der Waals surface area (Å²) in [7, 11) is 0. The van der Waals surface area contributed by atoms with Gasteiger partial charge in [-0.1, -0.05) is 19.3 Å². The molecule has 0 aromatic heterocycles. The SMILES string of the molecule is NC1CC(C(N)C2CCCCC2)C1. The van der Waals surface area contributed by atoms with E-state index in [4.69, 9.17) is 11.5 Å². The van der Waals surface area contributed by atoms with Gasteiger partial charge in [0.25, 0.3) is 0 Å². The molecule has 0 spiro atoms. The summed E-state index contributed by atoms with van der Waals surface area (Å²) in [4.78, 5) is 0. The lowest BCUT2D eigenvalue weighted by Gasteiger charge is -2.41. The summed E-state index contributed by atoms with van der Waals surface area (Å²) in [6.45, 7) is 0. The summed E-state index contributed by atoms with van der Waals surface area (Å²) in [6.07, 6.45) is 9.32. The molecule has 2 aliphatic carbocycles. The lowest BCUT2D eigenvalue weighted by molar-refractivity contribution is 0.156. The minimum absolute atomic E-state index is 0.458. The molecule has 2 heteroatoms. The molecule has 0 aromatic carbocycles. The second-order valence-electron chi connectivity index (χ2n) is 4.97. The summed E-state index contributed by atoms with van der Waals surface area (Å²) in [5.74, 6) is 1.56. The van der Waals surface area contributed by atoms with Gasteiger partial charge in [0.1, 0.15) is 0 Å². The maximum Gasteiger partial charge on any atom is 0.00967 e. The molecule has 0 aromatic rings. The minimum Gasteiger partial charge on any atom is -0.328 e. The van der Waals surface area contributed by atoms with Gasteiger partial charge >= 0.3 is 0 Å². The van der Waals surface area contributed by atoms with Crippen molar-refractivity contribution in [1.29, 1.82) is 0 Å². The van der Waals surface area contributed by atoms with Crippen molar-refractivity contribution in [1.82, 2.24) is 0 Å². The molecule has 2 saturated carbocycles. The Morgan fingerprint density at radius 3 is 2.08 bits per heavy atom. The average Bonchev–Trinajstić information content (AvgIpc) is 2.13. The molecule has 1 atom stereocenters. The van der Waals surface area contributed by atoms with E-state index in [9.17, 15) is 0 Å². The molecule has 13 heavy (non-hydrogen) atoms. The normalized spacial score (nSPS) is 38.3. The van der Waals surface area contributed by atoms with E-state index >= 15 is 0 Å². The van der Waals surface area contributed by atoms with Crippen molar-refractivity contribution in [2.75, 3.05) is 0 Å². The minimum atomic E-state index is 0.458. The third kappa shape index (κ3) is 2.05. The Bertz CT molecular complexity index is 157. The van der Waals surface area contributed by atoms with E-state index in [0.29, 0.717) is 12.1 Å². The zero-order chi connectivity index (χ0) is 9.26. The largest absolute Gasteiger partial charge is 0.328 e. The van der Waals surface area contributed by atoms with E-state index in [1.54, 1.807) is 0 Å². The van der Waals surface area contributed by atoms with Gasteiger partial charge in [-0.3, -0.25) is 0 Å². The van der Waals surface area contributed by atoms with Crippen LogP contribution >= 0.6 is 0 Å². The smallest absolute Gasteiger partial charge is 0.00967 e. The summed E-state index contributed by atoms with van der Waals surface area (Å²) in [5.41, 5.74) is 12.0. The van der Waals surface area contributed by atoms with Crippen LogP contribution < -0.4 is 11.5 Å². The first-order valence-corrected chi connectivity index (χ1v) is 5.78. The molecule has 0 radical (unpaired) electrons. The standard InChI is InChI=1S/C11H22N2/c12-10-6-9(7-10)11(13)8-4-2-1-3-5-8/h8-11H,1-7,12-13H2. The fourth-order valence-electron chi connectivity index (χ4n) is 2.93. The van der Waals surface area contributed by atoms with Crippen LogP contribution in [-0.4, -0.2) is 12.1 Å². The van der Waals surface area contributed by atoms with E-state index in [0.717, 1.165) is 11.8 Å². The lowest BCUT2D eigenvalue weighted by Crippen LogP contribution is -2.49. The molecule has 0 amide bonds. The van der Waals surface area contributed by atoms with Crippen molar-refractivity contribution in [3.8, 4) is 0 Å². The van der Waals surface area contributed by atoms with E-state index < -0.39 is 0 Å². The van der Waals surface area contributed by atoms with Crippen LogP contribution in [0.1, 0.15) is 44.9 Å². The molecule has 2 fully saturated rings. The number of hydrogen-bond acceptors (Lipinski definition) is 2. The van der Waals surface area contributed by atoms with Crippen molar-refractivity contribution in [3.05, 3.63) is 0 Å². The van der Waals surface area contributed by atoms with Crippen LogP contribution in [0.2, 0.25) is 0 Å². The maximum atomic E-state index is 6.26. The zero-order valence-electron chi connectivity index (χ0n) is 8.41. The first-order chi connectivity index (χ1) is 6.27. The van der Waals surface area contributed by atoms with Crippen molar-refractivity contribution in [3.63, 3.8) is 0 Å². The predicted octanol–water partition coefficient (Wildman–Crippen LogP) is 1.63. The highest BCUT2D eigenvalue weighted by Gasteiger charge is 2.35.